The van der Waals surface area contributed by atoms with E-state index in [1.165, 1.54) is 30.4 Å². The predicted molar refractivity (Wildman–Crippen MR) is 154 cm³/mol. The number of rotatable bonds is 8. The molecule has 2 fully saturated rings. The van der Waals surface area contributed by atoms with Crippen molar-refractivity contribution in [2.24, 2.45) is 11.8 Å². The molecule has 4 atom stereocenters. The Morgan fingerprint density at radius 2 is 1.39 bits per heavy atom. The Morgan fingerprint density at radius 3 is 1.95 bits per heavy atom. The summed E-state index contributed by atoms with van der Waals surface area (Å²) in [5, 5.41) is 3.67. The number of nitrogens with zero attached hydrogens (tertiary/aromatic N) is 1. The molecule has 1 unspecified atom stereocenters. The highest BCUT2D eigenvalue weighted by molar-refractivity contribution is 6.02. The normalized spacial score (nSPS) is 24.2. The van der Waals surface area contributed by atoms with Gasteiger partial charge >= 0.3 is 0 Å². The van der Waals surface area contributed by atoms with Crippen LogP contribution in [0.15, 0.2) is 78.9 Å². The van der Waals surface area contributed by atoms with Crippen molar-refractivity contribution in [3.05, 3.63) is 107 Å². The molecule has 5 rings (SSSR count). The zero-order valence-corrected chi connectivity index (χ0v) is 22.7. The Kier molecular flexibility index (Phi) is 8.51. The van der Waals surface area contributed by atoms with E-state index in [2.05, 4.69) is 42.3 Å². The van der Waals surface area contributed by atoms with Crippen LogP contribution in [-0.2, 0) is 0 Å². The van der Waals surface area contributed by atoms with Crippen LogP contribution in [0.25, 0.3) is 0 Å². The van der Waals surface area contributed by atoms with Crippen molar-refractivity contribution >= 4 is 11.6 Å². The molecule has 2 saturated heterocycles. The van der Waals surface area contributed by atoms with E-state index in [-0.39, 0.29) is 29.3 Å². The molecule has 0 amide bonds. The molecule has 0 saturated carbocycles. The van der Waals surface area contributed by atoms with Crippen molar-refractivity contribution in [2.45, 2.75) is 51.5 Å². The molecule has 2 heterocycles. The van der Waals surface area contributed by atoms with Gasteiger partial charge in [-0.05, 0) is 62.9 Å². The van der Waals surface area contributed by atoms with E-state index in [0.717, 1.165) is 36.2 Å². The lowest BCUT2D eigenvalue weighted by Crippen LogP contribution is -2.51. The Labute approximate surface area is 227 Å². The van der Waals surface area contributed by atoms with Gasteiger partial charge in [-0.15, -0.1) is 0 Å². The Balaban J connectivity index is 1.54. The van der Waals surface area contributed by atoms with Crippen LogP contribution in [-0.4, -0.2) is 48.7 Å². The van der Waals surface area contributed by atoms with E-state index < -0.39 is 0 Å². The summed E-state index contributed by atoms with van der Waals surface area (Å²) in [5.41, 5.74) is 4.99. The van der Waals surface area contributed by atoms with Crippen LogP contribution in [0.1, 0.15) is 69.0 Å². The van der Waals surface area contributed by atoms with Crippen molar-refractivity contribution in [1.29, 1.82) is 0 Å². The van der Waals surface area contributed by atoms with Gasteiger partial charge < -0.3 is 10.2 Å². The number of piperidine rings is 2. The molecule has 0 spiro atoms. The molecule has 4 nitrogen and oxygen atoms in total. The average Bonchev–Trinajstić information content (AvgIpc) is 2.98. The number of Topliss-reactive ketones (excluding diaryl/α,β-unsaturated/α-hetero) is 2. The second-order valence-electron chi connectivity index (χ2n) is 11.2. The monoisotopic (exact) mass is 508 g/mol. The van der Waals surface area contributed by atoms with Gasteiger partial charge in [0.05, 0.1) is 0 Å². The summed E-state index contributed by atoms with van der Waals surface area (Å²) in [5.74, 6) is -0.461. The number of carbonyl (C=O) groups excluding carboxylic acids is 2. The third kappa shape index (κ3) is 5.82. The Hall–Kier alpha value is -3.08. The minimum absolute atomic E-state index is 0.142. The summed E-state index contributed by atoms with van der Waals surface area (Å²) in [6.45, 7) is 7.60. The number of carbonyl (C=O) groups is 2. The van der Waals surface area contributed by atoms with Gasteiger partial charge in [0.1, 0.15) is 0 Å². The van der Waals surface area contributed by atoms with Crippen molar-refractivity contribution in [2.75, 3.05) is 26.2 Å². The maximum atomic E-state index is 14.2. The molecule has 198 valence electrons. The Bertz CT molecular complexity index is 1170. The van der Waals surface area contributed by atoms with E-state index >= 15 is 0 Å². The number of ketones is 2. The number of benzene rings is 3. The summed E-state index contributed by atoms with van der Waals surface area (Å²) in [6, 6.07) is 26.2. The highest BCUT2D eigenvalue weighted by Gasteiger charge is 2.45. The zero-order valence-electron chi connectivity index (χ0n) is 22.7. The first-order chi connectivity index (χ1) is 18.5. The van der Waals surface area contributed by atoms with E-state index in [1.807, 2.05) is 60.7 Å². The van der Waals surface area contributed by atoms with E-state index in [4.69, 9.17) is 0 Å². The molecule has 3 aromatic rings. The zero-order chi connectivity index (χ0) is 26.5. The van der Waals surface area contributed by atoms with Crippen molar-refractivity contribution < 1.29 is 9.59 Å². The highest BCUT2D eigenvalue weighted by atomic mass is 16.1. The number of likely N-dealkylation sites (tertiary alicyclic amines) is 1. The summed E-state index contributed by atoms with van der Waals surface area (Å²) < 4.78 is 0. The SMILES string of the molecule is Cc1cccc([C@@H]2[C@@H](C(=O)c3ccccc3)CN(CCC3CCCCN3)C[C@H]2C(=O)c2ccccc2)c1C. The van der Waals surface area contributed by atoms with Crippen LogP contribution in [0, 0.1) is 25.7 Å². The fourth-order valence-electron chi connectivity index (χ4n) is 6.52. The first kappa shape index (κ1) is 26.5. The van der Waals surface area contributed by atoms with Gasteiger partial charge in [0.25, 0.3) is 0 Å². The van der Waals surface area contributed by atoms with Crippen LogP contribution in [0.3, 0.4) is 0 Å². The van der Waals surface area contributed by atoms with Crippen molar-refractivity contribution in [3.63, 3.8) is 0 Å². The maximum Gasteiger partial charge on any atom is 0.167 e. The largest absolute Gasteiger partial charge is 0.314 e. The summed E-state index contributed by atoms with van der Waals surface area (Å²) in [6.07, 6.45) is 4.78. The Morgan fingerprint density at radius 1 is 0.789 bits per heavy atom. The van der Waals surface area contributed by atoms with E-state index in [1.54, 1.807) is 0 Å². The summed E-state index contributed by atoms with van der Waals surface area (Å²) in [7, 11) is 0. The molecule has 0 radical (unpaired) electrons. The average molecular weight is 509 g/mol. The molecule has 3 aromatic carbocycles. The number of hydrogen-bond donors (Lipinski definition) is 1. The lowest BCUT2D eigenvalue weighted by molar-refractivity contribution is 0.0561. The number of nitrogens with one attached hydrogen (secondary N) is 1. The van der Waals surface area contributed by atoms with E-state index in [9.17, 15) is 9.59 Å². The third-order valence-corrected chi connectivity index (χ3v) is 8.78. The van der Waals surface area contributed by atoms with Gasteiger partial charge in [-0.3, -0.25) is 9.59 Å². The summed E-state index contributed by atoms with van der Waals surface area (Å²) >= 11 is 0. The van der Waals surface area contributed by atoms with Crippen molar-refractivity contribution in [1.82, 2.24) is 10.2 Å². The quantitative estimate of drug-likeness (QED) is 0.366. The van der Waals surface area contributed by atoms with Crippen LogP contribution in [0.5, 0.6) is 0 Å². The lowest BCUT2D eigenvalue weighted by atomic mass is 9.67. The van der Waals surface area contributed by atoms with Gasteiger partial charge in [-0.1, -0.05) is 85.3 Å². The van der Waals surface area contributed by atoms with Crippen LogP contribution in [0.2, 0.25) is 0 Å². The lowest BCUT2D eigenvalue weighted by Gasteiger charge is -2.44. The minimum Gasteiger partial charge on any atom is -0.314 e. The second kappa shape index (κ2) is 12.2. The molecular formula is C34H40N2O2. The van der Waals surface area contributed by atoms with Crippen molar-refractivity contribution in [3.8, 4) is 0 Å². The molecule has 2 aliphatic heterocycles. The molecule has 38 heavy (non-hydrogen) atoms. The van der Waals surface area contributed by atoms with Gasteiger partial charge in [0.15, 0.2) is 11.6 Å². The van der Waals surface area contributed by atoms with Gasteiger partial charge in [-0.2, -0.15) is 0 Å². The van der Waals surface area contributed by atoms with E-state index in [0.29, 0.717) is 19.1 Å². The fourth-order valence-corrected chi connectivity index (χ4v) is 6.52. The standard InChI is InChI=1S/C34H40N2O2/c1-24-12-11-18-29(25(24)2)32-30(33(37)26-13-5-3-6-14-26)22-36(21-19-28-17-9-10-20-35-28)23-31(32)34(38)27-15-7-4-8-16-27/h3-8,11-16,18,28,30-32,35H,9-10,17,19-23H2,1-2H3/t28?,30-,31+,32+. The molecule has 1 N–H and O–H groups in total. The van der Waals surface area contributed by atoms with Crippen LogP contribution >= 0.6 is 0 Å². The second-order valence-corrected chi connectivity index (χ2v) is 11.2. The molecule has 0 aromatic heterocycles. The molecule has 0 bridgehead atoms. The smallest absolute Gasteiger partial charge is 0.167 e. The topological polar surface area (TPSA) is 49.4 Å². The first-order valence-corrected chi connectivity index (χ1v) is 14.2. The maximum absolute atomic E-state index is 14.2. The third-order valence-electron chi connectivity index (χ3n) is 8.78. The predicted octanol–water partition coefficient (Wildman–Crippen LogP) is 6.23. The number of hydrogen-bond acceptors (Lipinski definition) is 4. The number of aryl methyl sites for hydroxylation is 1. The minimum atomic E-state index is -0.288. The van der Waals surface area contributed by atoms with Crippen LogP contribution < -0.4 is 5.32 Å². The molecular weight excluding hydrogens is 468 g/mol. The van der Waals surface area contributed by atoms with Gasteiger partial charge in [0, 0.05) is 48.0 Å². The first-order valence-electron chi connectivity index (χ1n) is 14.2. The van der Waals surface area contributed by atoms with Gasteiger partial charge in [0.2, 0.25) is 0 Å². The van der Waals surface area contributed by atoms with Gasteiger partial charge in [-0.25, -0.2) is 0 Å². The van der Waals surface area contributed by atoms with Crippen LogP contribution in [0.4, 0.5) is 0 Å². The fraction of sp³-hybridized carbons (Fsp3) is 0.412. The summed E-state index contributed by atoms with van der Waals surface area (Å²) in [4.78, 5) is 30.8. The molecule has 0 aliphatic carbocycles. The highest BCUT2D eigenvalue weighted by Crippen LogP contribution is 2.42. The molecule has 4 heteroatoms. The molecule has 2 aliphatic rings.